The normalized spacial score (nSPS) is 19.5. The van der Waals surface area contributed by atoms with E-state index in [0.29, 0.717) is 15.6 Å². The highest BCUT2D eigenvalue weighted by Gasteiger charge is 2.44. The summed E-state index contributed by atoms with van der Waals surface area (Å²) in [6, 6.07) is 6.48. The first-order valence-electron chi connectivity index (χ1n) is 5.82. The summed E-state index contributed by atoms with van der Waals surface area (Å²) in [5.74, 6) is 0.147. The van der Waals surface area contributed by atoms with E-state index in [1.807, 2.05) is 13.8 Å². The molecule has 7 heteroatoms. The lowest BCUT2D eigenvalue weighted by molar-refractivity contribution is -0.137. The van der Waals surface area contributed by atoms with Gasteiger partial charge in [-0.25, -0.2) is 4.31 Å². The molecule has 0 saturated carbocycles. The Morgan fingerprint density at radius 1 is 1.42 bits per heavy atom. The lowest BCUT2D eigenvalue weighted by Crippen LogP contribution is -2.47. The molecule has 1 aromatic rings. The second-order valence-electron chi connectivity index (χ2n) is 4.59. The average Bonchev–Trinajstić information content (AvgIpc) is 2.22. The molecule has 1 amide bonds. The molecule has 0 radical (unpaired) electrons. The van der Waals surface area contributed by atoms with Gasteiger partial charge in [-0.05, 0) is 31.5 Å². The fourth-order valence-electron chi connectivity index (χ4n) is 1.99. The molecule has 19 heavy (non-hydrogen) atoms. The summed E-state index contributed by atoms with van der Waals surface area (Å²) in [5, 5.41) is 0. The minimum absolute atomic E-state index is 0.0196. The van der Waals surface area contributed by atoms with Crippen molar-refractivity contribution in [2.45, 2.75) is 32.4 Å². The largest absolute Gasteiger partial charge is 0.491 e. The van der Waals surface area contributed by atoms with Gasteiger partial charge < -0.3 is 4.74 Å². The first kappa shape index (κ1) is 14.1. The van der Waals surface area contributed by atoms with Gasteiger partial charge in [-0.1, -0.05) is 12.1 Å². The fourth-order valence-corrected chi connectivity index (χ4v) is 3.33. The van der Waals surface area contributed by atoms with Gasteiger partial charge in [-0.15, -0.1) is 0 Å². The molecule has 0 bridgehead atoms. The lowest BCUT2D eigenvalue weighted by Gasteiger charge is -2.37. The minimum Gasteiger partial charge on any atom is -0.491 e. The van der Waals surface area contributed by atoms with Gasteiger partial charge in [0.2, 0.25) is 5.91 Å². The molecule has 1 saturated heterocycles. The van der Waals surface area contributed by atoms with Gasteiger partial charge >= 0.3 is 9.24 Å². The smallest absolute Gasteiger partial charge is 0.324 e. The van der Waals surface area contributed by atoms with E-state index >= 15 is 0 Å². The highest BCUT2D eigenvalue weighted by molar-refractivity contribution is 8.12. The monoisotopic (exact) mass is 303 g/mol. The van der Waals surface area contributed by atoms with Crippen LogP contribution in [0.4, 0.5) is 0 Å². The van der Waals surface area contributed by atoms with E-state index in [4.69, 9.17) is 15.4 Å². The topological polar surface area (TPSA) is 63.7 Å². The van der Waals surface area contributed by atoms with Crippen molar-refractivity contribution >= 4 is 25.8 Å². The Morgan fingerprint density at radius 3 is 2.63 bits per heavy atom. The second kappa shape index (κ2) is 5.02. The molecule has 1 aliphatic heterocycles. The summed E-state index contributed by atoms with van der Waals surface area (Å²) < 4.78 is 28.9. The maximum atomic E-state index is 11.4. The molecule has 0 aromatic heterocycles. The van der Waals surface area contributed by atoms with Crippen molar-refractivity contribution in [1.82, 2.24) is 4.31 Å². The van der Waals surface area contributed by atoms with Gasteiger partial charge in [-0.2, -0.15) is 8.42 Å². The Bertz CT molecular complexity index is 600. The van der Waals surface area contributed by atoms with E-state index in [1.165, 1.54) is 0 Å². The number of ether oxygens (including phenoxy) is 1. The van der Waals surface area contributed by atoms with Crippen LogP contribution >= 0.6 is 10.7 Å². The zero-order chi connectivity index (χ0) is 14.2. The number of β-lactam (4-membered cyclic amide) rings is 1. The Hall–Kier alpha value is -1.27. The van der Waals surface area contributed by atoms with Gasteiger partial charge in [0, 0.05) is 10.7 Å². The number of carbonyl (C=O) groups is 1. The molecule has 2 rings (SSSR count). The van der Waals surface area contributed by atoms with Crippen LogP contribution in [-0.4, -0.2) is 24.7 Å². The molecule has 5 nitrogen and oxygen atoms in total. The predicted octanol–water partition coefficient (Wildman–Crippen LogP) is 2.23. The minimum atomic E-state index is -4.03. The van der Waals surface area contributed by atoms with E-state index in [0.717, 1.165) is 0 Å². The Labute approximate surface area is 116 Å². The summed E-state index contributed by atoms with van der Waals surface area (Å²) in [7, 11) is 1.21. The zero-order valence-electron chi connectivity index (χ0n) is 10.5. The highest BCUT2D eigenvalue weighted by atomic mass is 35.7. The van der Waals surface area contributed by atoms with E-state index in [2.05, 4.69) is 0 Å². The SMILES string of the molecule is CC(C)Oc1cccc(C2CC(=O)N2S(=O)(=O)Cl)c1. The molecule has 1 heterocycles. The molecule has 1 atom stereocenters. The molecule has 1 aromatic carbocycles. The van der Waals surface area contributed by atoms with Crippen LogP contribution in [0.1, 0.15) is 31.9 Å². The summed E-state index contributed by atoms with van der Waals surface area (Å²) >= 11 is 0. The van der Waals surface area contributed by atoms with Crippen LogP contribution in [-0.2, 0) is 14.0 Å². The number of benzene rings is 1. The molecule has 104 valence electrons. The number of nitrogens with zero attached hydrogens (tertiary/aromatic N) is 1. The maximum absolute atomic E-state index is 11.4. The summed E-state index contributed by atoms with van der Waals surface area (Å²) in [5.41, 5.74) is 0.696. The highest BCUT2D eigenvalue weighted by Crippen LogP contribution is 2.39. The van der Waals surface area contributed by atoms with Crippen LogP contribution in [0, 0.1) is 0 Å². The first-order valence-corrected chi connectivity index (χ1v) is 8.09. The third kappa shape index (κ3) is 3.01. The summed E-state index contributed by atoms with van der Waals surface area (Å²) in [6.07, 6.45) is 0.156. The van der Waals surface area contributed by atoms with E-state index in [9.17, 15) is 13.2 Å². The van der Waals surface area contributed by atoms with Crippen LogP contribution < -0.4 is 4.74 Å². The van der Waals surface area contributed by atoms with Gasteiger partial charge in [0.1, 0.15) is 5.75 Å². The van der Waals surface area contributed by atoms with Crippen LogP contribution in [0.3, 0.4) is 0 Å². The molecule has 0 N–H and O–H groups in total. The fraction of sp³-hybridized carbons (Fsp3) is 0.417. The van der Waals surface area contributed by atoms with Crippen molar-refractivity contribution < 1.29 is 17.9 Å². The third-order valence-corrected chi connectivity index (χ3v) is 4.12. The molecule has 0 aliphatic carbocycles. The van der Waals surface area contributed by atoms with Crippen LogP contribution in [0.25, 0.3) is 0 Å². The molecule has 1 aliphatic rings. The van der Waals surface area contributed by atoms with Crippen molar-refractivity contribution in [3.8, 4) is 5.75 Å². The van der Waals surface area contributed by atoms with Crippen molar-refractivity contribution in [1.29, 1.82) is 0 Å². The average molecular weight is 304 g/mol. The van der Waals surface area contributed by atoms with E-state index < -0.39 is 21.2 Å². The Kier molecular flexibility index (Phi) is 3.73. The number of halogens is 1. The molecule has 1 fully saturated rings. The number of amides is 1. The third-order valence-electron chi connectivity index (χ3n) is 2.75. The van der Waals surface area contributed by atoms with Crippen molar-refractivity contribution in [2.24, 2.45) is 0 Å². The van der Waals surface area contributed by atoms with Crippen molar-refractivity contribution in [2.75, 3.05) is 0 Å². The molecule has 1 unspecified atom stereocenters. The predicted molar refractivity (Wildman–Crippen MR) is 71.2 cm³/mol. The maximum Gasteiger partial charge on any atom is 0.324 e. The quantitative estimate of drug-likeness (QED) is 0.632. The van der Waals surface area contributed by atoms with E-state index in [1.54, 1.807) is 24.3 Å². The summed E-state index contributed by atoms with van der Waals surface area (Å²) in [6.45, 7) is 3.80. The number of carbonyl (C=O) groups excluding carboxylic acids is 1. The summed E-state index contributed by atoms with van der Waals surface area (Å²) in [4.78, 5) is 11.4. The molecule has 0 spiro atoms. The standard InChI is InChI=1S/C12H14ClNO4S/c1-8(2)18-10-5-3-4-9(6-10)11-7-12(15)14(11)19(13,16)17/h3-6,8,11H,7H2,1-2H3. The van der Waals surface area contributed by atoms with Gasteiger partial charge in [0.05, 0.1) is 18.6 Å². The van der Waals surface area contributed by atoms with Crippen LogP contribution in [0.5, 0.6) is 5.75 Å². The number of hydrogen-bond donors (Lipinski definition) is 0. The zero-order valence-corrected chi connectivity index (χ0v) is 12.1. The van der Waals surface area contributed by atoms with Crippen LogP contribution in [0.2, 0.25) is 0 Å². The molecular formula is C12H14ClNO4S. The second-order valence-corrected chi connectivity index (χ2v) is 6.98. The lowest BCUT2D eigenvalue weighted by atomic mass is 9.97. The van der Waals surface area contributed by atoms with Crippen molar-refractivity contribution in [3.05, 3.63) is 29.8 Å². The number of hydrogen-bond acceptors (Lipinski definition) is 4. The number of rotatable bonds is 4. The first-order chi connectivity index (χ1) is 8.79. The van der Waals surface area contributed by atoms with Gasteiger partial charge in [0.25, 0.3) is 0 Å². The molecular weight excluding hydrogens is 290 g/mol. The van der Waals surface area contributed by atoms with E-state index in [-0.39, 0.29) is 12.5 Å². The van der Waals surface area contributed by atoms with Gasteiger partial charge in [0.15, 0.2) is 0 Å². The Morgan fingerprint density at radius 2 is 2.11 bits per heavy atom. The Balaban J connectivity index is 2.26. The van der Waals surface area contributed by atoms with Crippen LogP contribution in [0.15, 0.2) is 24.3 Å². The van der Waals surface area contributed by atoms with Gasteiger partial charge in [-0.3, -0.25) is 4.79 Å². The van der Waals surface area contributed by atoms with Crippen molar-refractivity contribution in [3.63, 3.8) is 0 Å².